The van der Waals surface area contributed by atoms with Gasteiger partial charge in [0.1, 0.15) is 5.60 Å². The number of carbonyl (C=O) groups excluding carboxylic acids is 1. The second-order valence-corrected chi connectivity index (χ2v) is 8.60. The number of nitrogens with zero attached hydrogens (tertiary/aromatic N) is 2. The Morgan fingerprint density at radius 1 is 1.40 bits per heavy atom. The predicted molar refractivity (Wildman–Crippen MR) is 95.0 cm³/mol. The highest BCUT2D eigenvalue weighted by Crippen LogP contribution is 2.52. The molecule has 1 aromatic rings. The van der Waals surface area contributed by atoms with Crippen molar-refractivity contribution >= 4 is 12.2 Å². The topological polar surface area (TPSA) is 62.7 Å². The van der Waals surface area contributed by atoms with E-state index >= 15 is 0 Å². The van der Waals surface area contributed by atoms with Gasteiger partial charge in [-0.2, -0.15) is 0 Å². The summed E-state index contributed by atoms with van der Waals surface area (Å²) in [6.45, 7) is 6.50. The second-order valence-electron chi connectivity index (χ2n) is 8.60. The van der Waals surface area contributed by atoms with Crippen LogP contribution in [0.2, 0.25) is 0 Å². The number of carbonyl (C=O) groups is 1. The summed E-state index contributed by atoms with van der Waals surface area (Å²) in [6, 6.07) is 4.02. The van der Waals surface area contributed by atoms with Gasteiger partial charge in [-0.25, -0.2) is 4.79 Å². The van der Waals surface area contributed by atoms with Crippen molar-refractivity contribution in [3.8, 4) is 0 Å². The Bertz CT molecular complexity index is 724. The van der Waals surface area contributed by atoms with Crippen LogP contribution in [0.1, 0.15) is 50.8 Å². The standard InChI is InChI=1S/C20H26N2O3/c1-19(2,3)25-18(23)22-11-14-7-8-15-16(20(14,24)12-22)9-6-13-5-4-10-21-17(13)15/h4-6,9-10,14-16,24H,7-8,11-12H2,1-3H3/t14-,15-,16-,20-/m0/s1. The van der Waals surface area contributed by atoms with Gasteiger partial charge < -0.3 is 14.7 Å². The van der Waals surface area contributed by atoms with Gasteiger partial charge in [-0.05, 0) is 45.2 Å². The maximum Gasteiger partial charge on any atom is 0.410 e. The van der Waals surface area contributed by atoms with Gasteiger partial charge in [0, 0.05) is 30.5 Å². The van der Waals surface area contributed by atoms with E-state index < -0.39 is 11.2 Å². The smallest absolute Gasteiger partial charge is 0.410 e. The van der Waals surface area contributed by atoms with Crippen molar-refractivity contribution < 1.29 is 14.6 Å². The number of hydrogen-bond donors (Lipinski definition) is 1. The summed E-state index contributed by atoms with van der Waals surface area (Å²) in [7, 11) is 0. The number of likely N-dealkylation sites (tertiary alicyclic amines) is 1. The molecule has 1 amide bonds. The molecule has 0 aromatic carbocycles. The zero-order chi connectivity index (χ0) is 17.8. The van der Waals surface area contributed by atoms with Crippen molar-refractivity contribution in [3.05, 3.63) is 35.7 Å². The fourth-order valence-corrected chi connectivity index (χ4v) is 4.71. The lowest BCUT2D eigenvalue weighted by atomic mass is 9.62. The monoisotopic (exact) mass is 342 g/mol. The van der Waals surface area contributed by atoms with E-state index in [1.165, 1.54) is 0 Å². The lowest BCUT2D eigenvalue weighted by Gasteiger charge is -2.46. The molecule has 1 N–H and O–H groups in total. The molecule has 2 aliphatic carbocycles. The number of ether oxygens (including phenoxy) is 1. The van der Waals surface area contributed by atoms with Crippen LogP contribution in [-0.4, -0.2) is 45.4 Å². The average molecular weight is 342 g/mol. The highest BCUT2D eigenvalue weighted by molar-refractivity contribution is 5.69. The Morgan fingerprint density at radius 2 is 2.20 bits per heavy atom. The summed E-state index contributed by atoms with van der Waals surface area (Å²) < 4.78 is 5.51. The van der Waals surface area contributed by atoms with Crippen LogP contribution >= 0.6 is 0 Å². The third kappa shape index (κ3) is 2.74. The number of hydrogen-bond acceptors (Lipinski definition) is 4. The Hall–Kier alpha value is -1.88. The normalized spacial score (nSPS) is 33.4. The number of β-amino-alcohol motifs (C(OH)–C–C–N with tert-alkyl or cyclic N) is 1. The third-order valence-electron chi connectivity index (χ3n) is 5.79. The minimum absolute atomic E-state index is 0.00101. The number of amides is 1. The van der Waals surface area contributed by atoms with Crippen molar-refractivity contribution in [3.63, 3.8) is 0 Å². The van der Waals surface area contributed by atoms with Crippen molar-refractivity contribution in [2.24, 2.45) is 11.8 Å². The largest absolute Gasteiger partial charge is 0.444 e. The average Bonchev–Trinajstić information content (AvgIpc) is 2.91. The second kappa shape index (κ2) is 5.56. The summed E-state index contributed by atoms with van der Waals surface area (Å²) in [5, 5.41) is 11.5. The summed E-state index contributed by atoms with van der Waals surface area (Å²) in [5.74, 6) is 0.318. The number of pyridine rings is 1. The molecule has 134 valence electrons. The molecule has 1 aliphatic heterocycles. The van der Waals surface area contributed by atoms with E-state index in [4.69, 9.17) is 4.74 Å². The summed E-state index contributed by atoms with van der Waals surface area (Å²) in [5.41, 5.74) is 0.806. The van der Waals surface area contributed by atoms with Gasteiger partial charge >= 0.3 is 6.09 Å². The van der Waals surface area contributed by atoms with Crippen LogP contribution in [-0.2, 0) is 4.74 Å². The summed E-state index contributed by atoms with van der Waals surface area (Å²) in [4.78, 5) is 18.7. The molecule has 1 saturated carbocycles. The number of aromatic nitrogens is 1. The Kier molecular flexibility index (Phi) is 3.69. The molecule has 4 atom stereocenters. The molecule has 25 heavy (non-hydrogen) atoms. The Balaban J connectivity index is 1.59. The van der Waals surface area contributed by atoms with E-state index in [2.05, 4.69) is 23.2 Å². The van der Waals surface area contributed by atoms with Crippen LogP contribution in [0.4, 0.5) is 4.79 Å². The van der Waals surface area contributed by atoms with E-state index in [0.717, 1.165) is 24.1 Å². The van der Waals surface area contributed by atoms with Crippen LogP contribution < -0.4 is 0 Å². The maximum absolute atomic E-state index is 12.5. The molecule has 3 aliphatic rings. The zero-order valence-corrected chi connectivity index (χ0v) is 15.1. The lowest BCUT2D eigenvalue weighted by molar-refractivity contribution is -0.0595. The minimum atomic E-state index is -0.897. The third-order valence-corrected chi connectivity index (χ3v) is 5.79. The van der Waals surface area contributed by atoms with E-state index in [0.29, 0.717) is 13.1 Å². The maximum atomic E-state index is 12.5. The summed E-state index contributed by atoms with van der Waals surface area (Å²) in [6.07, 6.45) is 7.59. The SMILES string of the molecule is CC(C)(C)OC(=O)N1C[C@@H]2CC[C@@H]3c4ncccc4C=C[C@@H]3[C@]2(O)C1. The highest BCUT2D eigenvalue weighted by atomic mass is 16.6. The first-order valence-corrected chi connectivity index (χ1v) is 9.11. The van der Waals surface area contributed by atoms with Gasteiger partial charge in [0.15, 0.2) is 0 Å². The van der Waals surface area contributed by atoms with Crippen LogP contribution in [0.5, 0.6) is 0 Å². The van der Waals surface area contributed by atoms with E-state index in [-0.39, 0.29) is 23.8 Å². The van der Waals surface area contributed by atoms with Crippen LogP contribution in [0.15, 0.2) is 24.4 Å². The summed E-state index contributed by atoms with van der Waals surface area (Å²) >= 11 is 0. The Morgan fingerprint density at radius 3 is 2.96 bits per heavy atom. The van der Waals surface area contributed by atoms with E-state index in [1.54, 1.807) is 4.90 Å². The van der Waals surface area contributed by atoms with Crippen molar-refractivity contribution in [2.75, 3.05) is 13.1 Å². The number of aliphatic hydroxyl groups is 1. The molecule has 2 heterocycles. The first-order chi connectivity index (χ1) is 11.8. The molecule has 2 fully saturated rings. The molecule has 5 nitrogen and oxygen atoms in total. The molecule has 1 saturated heterocycles. The van der Waals surface area contributed by atoms with Crippen LogP contribution in [0.3, 0.4) is 0 Å². The molecule has 0 spiro atoms. The minimum Gasteiger partial charge on any atom is -0.444 e. The van der Waals surface area contributed by atoms with Gasteiger partial charge in [-0.1, -0.05) is 18.2 Å². The molecule has 0 radical (unpaired) electrons. The molecule has 1 aromatic heterocycles. The highest BCUT2D eigenvalue weighted by Gasteiger charge is 2.57. The van der Waals surface area contributed by atoms with E-state index in [1.807, 2.05) is 33.0 Å². The van der Waals surface area contributed by atoms with Crippen LogP contribution in [0, 0.1) is 11.8 Å². The van der Waals surface area contributed by atoms with Crippen molar-refractivity contribution in [1.82, 2.24) is 9.88 Å². The Labute approximate surface area is 148 Å². The fourth-order valence-electron chi connectivity index (χ4n) is 4.71. The van der Waals surface area contributed by atoms with E-state index in [9.17, 15) is 9.90 Å². The molecule has 4 rings (SSSR count). The van der Waals surface area contributed by atoms with Gasteiger partial charge in [0.25, 0.3) is 0 Å². The fraction of sp³-hybridized carbons (Fsp3) is 0.600. The molecule has 5 heteroatoms. The van der Waals surface area contributed by atoms with Gasteiger partial charge in [0.05, 0.1) is 17.8 Å². The molecule has 0 unspecified atom stereocenters. The number of fused-ring (bicyclic) bond motifs is 5. The zero-order valence-electron chi connectivity index (χ0n) is 15.1. The van der Waals surface area contributed by atoms with Crippen LogP contribution in [0.25, 0.3) is 6.08 Å². The van der Waals surface area contributed by atoms with Gasteiger partial charge in [0.2, 0.25) is 0 Å². The van der Waals surface area contributed by atoms with Gasteiger partial charge in [-0.15, -0.1) is 0 Å². The first kappa shape index (κ1) is 16.6. The quantitative estimate of drug-likeness (QED) is 0.786. The van der Waals surface area contributed by atoms with Crippen molar-refractivity contribution in [2.45, 2.75) is 50.7 Å². The lowest BCUT2D eigenvalue weighted by Crippen LogP contribution is -2.51. The number of rotatable bonds is 0. The first-order valence-electron chi connectivity index (χ1n) is 9.11. The molecule has 0 bridgehead atoms. The molecular weight excluding hydrogens is 316 g/mol. The van der Waals surface area contributed by atoms with Gasteiger partial charge in [-0.3, -0.25) is 4.98 Å². The van der Waals surface area contributed by atoms with Crippen molar-refractivity contribution in [1.29, 1.82) is 0 Å². The molecular formula is C20H26N2O3. The predicted octanol–water partition coefficient (Wildman–Crippen LogP) is 3.20.